The van der Waals surface area contributed by atoms with Crippen molar-refractivity contribution in [1.29, 1.82) is 0 Å². The second-order valence-corrected chi connectivity index (χ2v) is 5.84. The fourth-order valence-electron chi connectivity index (χ4n) is 3.49. The lowest BCUT2D eigenvalue weighted by atomic mass is 9.91. The molecule has 2 aliphatic carbocycles. The minimum Gasteiger partial charge on any atom is -0.481 e. The summed E-state index contributed by atoms with van der Waals surface area (Å²) in [5.74, 6) is -2.80. The third-order valence-electron chi connectivity index (χ3n) is 4.58. The van der Waals surface area contributed by atoms with Gasteiger partial charge in [-0.15, -0.1) is 0 Å². The van der Waals surface area contributed by atoms with Gasteiger partial charge in [0.05, 0.1) is 5.92 Å². The van der Waals surface area contributed by atoms with E-state index in [4.69, 9.17) is 15.6 Å². The van der Waals surface area contributed by atoms with Crippen LogP contribution in [0, 0.1) is 23.6 Å². The second kappa shape index (κ2) is 4.80. The summed E-state index contributed by atoms with van der Waals surface area (Å²) in [4.78, 5) is 23.2. The zero-order chi connectivity index (χ0) is 15.2. The highest BCUT2D eigenvalue weighted by Crippen LogP contribution is 2.61. The Kier molecular flexibility index (Phi) is 3.20. The number of carbonyl (C=O) groups is 2. The second-order valence-electron chi connectivity index (χ2n) is 5.84. The summed E-state index contributed by atoms with van der Waals surface area (Å²) < 4.78 is 18.2. The molecule has 0 amide bonds. The molecular formula is C15H16FNO4. The standard InChI is InChI=1S/C15H16FNO4/c16-9-3-1-2-8(6-9)7-21-14(20)15(17)5-4-10-11(12(10)15)13(18)19/h1-3,6,10-12H,4-5,7,17H2,(H,18,19). The predicted molar refractivity (Wildman–Crippen MR) is 70.5 cm³/mol. The summed E-state index contributed by atoms with van der Waals surface area (Å²) in [6.07, 6.45) is 1.07. The van der Waals surface area contributed by atoms with E-state index in [0.29, 0.717) is 18.4 Å². The van der Waals surface area contributed by atoms with Gasteiger partial charge in [0.15, 0.2) is 0 Å². The van der Waals surface area contributed by atoms with E-state index in [1.807, 2.05) is 0 Å². The predicted octanol–water partition coefficient (Wildman–Crippen LogP) is 1.31. The highest BCUT2D eigenvalue weighted by Gasteiger charge is 2.70. The highest BCUT2D eigenvalue weighted by atomic mass is 19.1. The molecule has 1 aromatic carbocycles. The Labute approximate surface area is 120 Å². The molecule has 2 fully saturated rings. The van der Waals surface area contributed by atoms with Crippen LogP contribution in [0.3, 0.4) is 0 Å². The molecule has 1 aromatic rings. The number of carbonyl (C=O) groups excluding carboxylic acids is 1. The molecule has 3 rings (SSSR count). The molecule has 0 heterocycles. The number of ether oxygens (including phenoxy) is 1. The van der Waals surface area contributed by atoms with Crippen molar-refractivity contribution in [3.05, 3.63) is 35.6 Å². The normalized spacial score (nSPS) is 33.3. The van der Waals surface area contributed by atoms with Crippen LogP contribution in [-0.2, 0) is 20.9 Å². The number of fused-ring (bicyclic) bond motifs is 1. The van der Waals surface area contributed by atoms with E-state index in [2.05, 4.69) is 0 Å². The number of hydrogen-bond donors (Lipinski definition) is 2. The van der Waals surface area contributed by atoms with Gasteiger partial charge in [0.25, 0.3) is 0 Å². The third kappa shape index (κ3) is 2.29. The molecule has 0 bridgehead atoms. The van der Waals surface area contributed by atoms with Crippen molar-refractivity contribution >= 4 is 11.9 Å². The number of carboxylic acid groups (broad SMARTS) is 1. The van der Waals surface area contributed by atoms with Crippen LogP contribution in [0.25, 0.3) is 0 Å². The summed E-state index contributed by atoms with van der Waals surface area (Å²) in [6.45, 7) is -0.0648. The molecule has 0 aliphatic heterocycles. The monoisotopic (exact) mass is 293 g/mol. The quantitative estimate of drug-likeness (QED) is 0.817. The SMILES string of the molecule is NC1(C(=O)OCc2cccc(F)c2)CCC2C(C(=O)O)C21. The molecule has 21 heavy (non-hydrogen) atoms. The van der Waals surface area contributed by atoms with Crippen molar-refractivity contribution in [2.45, 2.75) is 25.0 Å². The number of hydrogen-bond acceptors (Lipinski definition) is 4. The van der Waals surface area contributed by atoms with Gasteiger partial charge in [-0.1, -0.05) is 12.1 Å². The number of esters is 1. The smallest absolute Gasteiger partial charge is 0.326 e. The van der Waals surface area contributed by atoms with Crippen LogP contribution in [0.4, 0.5) is 4.39 Å². The van der Waals surface area contributed by atoms with Crippen molar-refractivity contribution < 1.29 is 23.8 Å². The molecule has 2 saturated carbocycles. The van der Waals surface area contributed by atoms with Crippen molar-refractivity contribution in [2.24, 2.45) is 23.5 Å². The van der Waals surface area contributed by atoms with Crippen LogP contribution in [0.15, 0.2) is 24.3 Å². The Morgan fingerprint density at radius 1 is 1.48 bits per heavy atom. The van der Waals surface area contributed by atoms with E-state index in [0.717, 1.165) is 0 Å². The lowest BCUT2D eigenvalue weighted by Gasteiger charge is -2.24. The fraction of sp³-hybridized carbons (Fsp3) is 0.467. The zero-order valence-electron chi connectivity index (χ0n) is 11.3. The van der Waals surface area contributed by atoms with Crippen LogP contribution >= 0.6 is 0 Å². The maximum Gasteiger partial charge on any atom is 0.326 e. The molecule has 3 N–H and O–H groups in total. The molecule has 0 spiro atoms. The fourth-order valence-corrected chi connectivity index (χ4v) is 3.49. The lowest BCUT2D eigenvalue weighted by molar-refractivity contribution is -0.153. The first-order valence-electron chi connectivity index (χ1n) is 6.87. The number of carboxylic acids is 1. The maximum absolute atomic E-state index is 13.0. The average Bonchev–Trinajstić information content (AvgIpc) is 3.09. The van der Waals surface area contributed by atoms with E-state index in [-0.39, 0.29) is 18.4 Å². The Balaban J connectivity index is 1.64. The zero-order valence-corrected chi connectivity index (χ0v) is 11.3. The molecule has 4 atom stereocenters. The molecule has 6 heteroatoms. The third-order valence-corrected chi connectivity index (χ3v) is 4.58. The van der Waals surface area contributed by atoms with Crippen LogP contribution in [0.5, 0.6) is 0 Å². The molecule has 4 unspecified atom stereocenters. The van der Waals surface area contributed by atoms with Gasteiger partial charge in [-0.25, -0.2) is 4.39 Å². The first kappa shape index (κ1) is 14.0. The van der Waals surface area contributed by atoms with Gasteiger partial charge in [0, 0.05) is 5.92 Å². The van der Waals surface area contributed by atoms with Crippen molar-refractivity contribution in [3.8, 4) is 0 Å². The van der Waals surface area contributed by atoms with E-state index in [9.17, 15) is 14.0 Å². The van der Waals surface area contributed by atoms with Gasteiger partial charge in [-0.05, 0) is 36.5 Å². The summed E-state index contributed by atoms with van der Waals surface area (Å²) in [6, 6.07) is 5.77. The maximum atomic E-state index is 13.0. The number of benzene rings is 1. The van der Waals surface area contributed by atoms with Crippen molar-refractivity contribution in [3.63, 3.8) is 0 Å². The van der Waals surface area contributed by atoms with Crippen LogP contribution in [0.1, 0.15) is 18.4 Å². The van der Waals surface area contributed by atoms with Gasteiger partial charge in [0.1, 0.15) is 18.0 Å². The first-order valence-corrected chi connectivity index (χ1v) is 6.87. The van der Waals surface area contributed by atoms with Crippen molar-refractivity contribution in [1.82, 2.24) is 0 Å². The van der Waals surface area contributed by atoms with Gasteiger partial charge >= 0.3 is 11.9 Å². The summed E-state index contributed by atoms with van der Waals surface area (Å²) in [5, 5.41) is 9.06. The van der Waals surface area contributed by atoms with Crippen molar-refractivity contribution in [2.75, 3.05) is 0 Å². The van der Waals surface area contributed by atoms with E-state index in [1.54, 1.807) is 6.07 Å². The first-order chi connectivity index (χ1) is 9.93. The van der Waals surface area contributed by atoms with E-state index >= 15 is 0 Å². The van der Waals surface area contributed by atoms with Gasteiger partial charge in [-0.2, -0.15) is 0 Å². The molecule has 2 aliphatic rings. The molecule has 5 nitrogen and oxygen atoms in total. The summed E-state index contributed by atoms with van der Waals surface area (Å²) >= 11 is 0. The summed E-state index contributed by atoms with van der Waals surface area (Å²) in [5.41, 5.74) is 5.41. The molecular weight excluding hydrogens is 277 g/mol. The Morgan fingerprint density at radius 2 is 2.24 bits per heavy atom. The number of rotatable bonds is 4. The molecule has 0 radical (unpaired) electrons. The molecule has 112 valence electrons. The van der Waals surface area contributed by atoms with Gasteiger partial charge < -0.3 is 15.6 Å². The topological polar surface area (TPSA) is 89.6 Å². The summed E-state index contributed by atoms with van der Waals surface area (Å²) in [7, 11) is 0. The van der Waals surface area contributed by atoms with E-state index in [1.165, 1.54) is 18.2 Å². The molecule has 0 saturated heterocycles. The van der Waals surface area contributed by atoms with Crippen LogP contribution < -0.4 is 5.73 Å². The lowest BCUT2D eigenvalue weighted by Crippen LogP contribution is -2.50. The average molecular weight is 293 g/mol. The Hall–Kier alpha value is -1.95. The minimum absolute atomic E-state index is 0.0192. The van der Waals surface area contributed by atoms with E-state index < -0.39 is 29.2 Å². The van der Waals surface area contributed by atoms with Crippen LogP contribution in [-0.4, -0.2) is 22.6 Å². The van der Waals surface area contributed by atoms with Crippen LogP contribution in [0.2, 0.25) is 0 Å². The molecule has 0 aromatic heterocycles. The Morgan fingerprint density at radius 3 is 2.86 bits per heavy atom. The number of nitrogens with two attached hydrogens (primary N) is 1. The Bertz CT molecular complexity index is 605. The minimum atomic E-state index is -1.22. The highest BCUT2D eigenvalue weighted by molar-refractivity contribution is 5.86. The van der Waals surface area contributed by atoms with Gasteiger partial charge in [0.2, 0.25) is 0 Å². The number of aliphatic carboxylic acids is 1. The number of halogens is 1. The van der Waals surface area contributed by atoms with Gasteiger partial charge in [-0.3, -0.25) is 9.59 Å². The largest absolute Gasteiger partial charge is 0.481 e.